The third kappa shape index (κ3) is 10.5. The minimum Gasteiger partial charge on any atom is -0.451 e. The molecule has 0 spiro atoms. The first-order chi connectivity index (χ1) is 22.3. The van der Waals surface area contributed by atoms with E-state index in [1.54, 1.807) is 24.3 Å². The zero-order valence-corrected chi connectivity index (χ0v) is 26.7. The first kappa shape index (κ1) is 34.8. The summed E-state index contributed by atoms with van der Waals surface area (Å²) in [6.45, 7) is 2.50. The van der Waals surface area contributed by atoms with E-state index in [-0.39, 0.29) is 18.4 Å². The van der Waals surface area contributed by atoms with Gasteiger partial charge in [0.25, 0.3) is 0 Å². The Hall–Kier alpha value is -4.07. The molecule has 242 valence electrons. The molecule has 0 amide bonds. The number of carbonyl (C=O) groups excluding carboxylic acids is 2. The molecule has 1 unspecified atom stereocenters. The van der Waals surface area contributed by atoms with E-state index in [9.17, 15) is 18.4 Å². The van der Waals surface area contributed by atoms with Gasteiger partial charge in [0.15, 0.2) is 6.10 Å². The monoisotopic (exact) mass is 648 g/mol. The van der Waals surface area contributed by atoms with Crippen molar-refractivity contribution in [2.24, 2.45) is 0 Å². The van der Waals surface area contributed by atoms with Crippen LogP contribution in [0, 0.1) is 0 Å². The number of ether oxygens (including phenoxy) is 1. The number of carbonyl (C=O) groups is 2. The predicted molar refractivity (Wildman–Crippen MR) is 177 cm³/mol. The molecule has 5 nitrogen and oxygen atoms in total. The molecule has 0 fully saturated rings. The SMILES string of the molecule is CCCCCCCCOOC(=O)c1ccc(-c2ccccc2)c(-c2ccc(C(=O)OC(CCc3ccccc3)C(F)(F)Cl)cc2)c1. The molecule has 0 saturated carbocycles. The molecule has 0 heterocycles. The van der Waals surface area contributed by atoms with Gasteiger partial charge in [-0.15, -0.1) is 0 Å². The molecule has 1 atom stereocenters. The summed E-state index contributed by atoms with van der Waals surface area (Å²) >= 11 is 5.33. The van der Waals surface area contributed by atoms with Crippen molar-refractivity contribution in [3.8, 4) is 22.3 Å². The Labute approximate surface area is 274 Å². The van der Waals surface area contributed by atoms with Crippen LogP contribution >= 0.6 is 11.6 Å². The highest BCUT2D eigenvalue weighted by molar-refractivity contribution is 6.22. The van der Waals surface area contributed by atoms with Gasteiger partial charge in [0.05, 0.1) is 17.7 Å². The fraction of sp³-hybridized carbons (Fsp3) is 0.316. The van der Waals surface area contributed by atoms with Crippen molar-refractivity contribution < 1.29 is 32.9 Å². The molecule has 0 saturated heterocycles. The van der Waals surface area contributed by atoms with Crippen LogP contribution in [0.3, 0.4) is 0 Å². The van der Waals surface area contributed by atoms with Crippen LogP contribution in [-0.2, 0) is 20.9 Å². The fourth-order valence-corrected chi connectivity index (χ4v) is 5.23. The van der Waals surface area contributed by atoms with Crippen LogP contribution in [0.4, 0.5) is 8.78 Å². The van der Waals surface area contributed by atoms with Crippen molar-refractivity contribution in [2.45, 2.75) is 69.8 Å². The Morgan fingerprint density at radius 2 is 1.33 bits per heavy atom. The fourth-order valence-electron chi connectivity index (χ4n) is 5.08. The lowest BCUT2D eigenvalue weighted by Gasteiger charge is -2.22. The maximum Gasteiger partial charge on any atom is 0.373 e. The van der Waals surface area contributed by atoms with Gasteiger partial charge >= 0.3 is 17.3 Å². The van der Waals surface area contributed by atoms with Gasteiger partial charge in [-0.05, 0) is 82.9 Å². The van der Waals surface area contributed by atoms with Gasteiger partial charge in [0, 0.05) is 0 Å². The first-order valence-electron chi connectivity index (χ1n) is 15.7. The molecule has 0 aliphatic heterocycles. The van der Waals surface area contributed by atoms with E-state index in [0.29, 0.717) is 23.3 Å². The van der Waals surface area contributed by atoms with Crippen molar-refractivity contribution in [3.63, 3.8) is 0 Å². The summed E-state index contributed by atoms with van der Waals surface area (Å²) in [6, 6.07) is 30.3. The molecule has 4 aromatic rings. The van der Waals surface area contributed by atoms with E-state index in [4.69, 9.17) is 26.1 Å². The number of halogens is 3. The second-order valence-corrected chi connectivity index (χ2v) is 11.6. The minimum absolute atomic E-state index is 0.0919. The zero-order chi connectivity index (χ0) is 32.8. The quantitative estimate of drug-likeness (QED) is 0.0375. The van der Waals surface area contributed by atoms with Gasteiger partial charge in [-0.1, -0.05) is 118 Å². The van der Waals surface area contributed by atoms with E-state index < -0.39 is 23.4 Å². The Morgan fingerprint density at radius 3 is 2.00 bits per heavy atom. The van der Waals surface area contributed by atoms with Crippen LogP contribution < -0.4 is 0 Å². The van der Waals surface area contributed by atoms with Crippen LogP contribution in [0.15, 0.2) is 103 Å². The van der Waals surface area contributed by atoms with Crippen molar-refractivity contribution in [3.05, 3.63) is 120 Å². The van der Waals surface area contributed by atoms with Gasteiger partial charge in [0.2, 0.25) is 0 Å². The van der Waals surface area contributed by atoms with Crippen LogP contribution in [0.2, 0.25) is 0 Å². The number of benzene rings is 4. The van der Waals surface area contributed by atoms with Gasteiger partial charge in [-0.2, -0.15) is 13.7 Å². The molecule has 46 heavy (non-hydrogen) atoms. The lowest BCUT2D eigenvalue weighted by atomic mass is 9.92. The number of hydrogen-bond donors (Lipinski definition) is 0. The summed E-state index contributed by atoms with van der Waals surface area (Å²) in [5, 5.41) is -3.73. The second kappa shape index (κ2) is 17.6. The highest BCUT2D eigenvalue weighted by Crippen LogP contribution is 2.34. The lowest BCUT2D eigenvalue weighted by Crippen LogP contribution is -2.33. The van der Waals surface area contributed by atoms with E-state index in [0.717, 1.165) is 36.0 Å². The molecule has 0 aliphatic rings. The lowest BCUT2D eigenvalue weighted by molar-refractivity contribution is -0.241. The number of esters is 1. The molecular weight excluding hydrogens is 610 g/mol. The minimum atomic E-state index is -3.73. The third-order valence-corrected chi connectivity index (χ3v) is 7.88. The van der Waals surface area contributed by atoms with Crippen molar-refractivity contribution in [2.75, 3.05) is 6.61 Å². The van der Waals surface area contributed by atoms with Crippen molar-refractivity contribution in [1.29, 1.82) is 0 Å². The van der Waals surface area contributed by atoms with Gasteiger partial charge < -0.3 is 4.74 Å². The normalized spacial score (nSPS) is 12.0. The average molecular weight is 649 g/mol. The van der Waals surface area contributed by atoms with Crippen molar-refractivity contribution >= 4 is 23.5 Å². The smallest absolute Gasteiger partial charge is 0.373 e. The topological polar surface area (TPSA) is 61.8 Å². The summed E-state index contributed by atoms with van der Waals surface area (Å²) in [7, 11) is 0. The Morgan fingerprint density at radius 1 is 0.717 bits per heavy atom. The number of hydrogen-bond acceptors (Lipinski definition) is 5. The zero-order valence-electron chi connectivity index (χ0n) is 25.9. The van der Waals surface area contributed by atoms with Crippen molar-refractivity contribution in [1.82, 2.24) is 0 Å². The molecule has 0 bridgehead atoms. The largest absolute Gasteiger partial charge is 0.451 e. The first-order valence-corrected chi connectivity index (χ1v) is 16.1. The van der Waals surface area contributed by atoms with Crippen LogP contribution in [0.25, 0.3) is 22.3 Å². The highest BCUT2D eigenvalue weighted by atomic mass is 35.5. The van der Waals surface area contributed by atoms with Crippen LogP contribution in [0.1, 0.15) is 78.1 Å². The van der Waals surface area contributed by atoms with E-state index in [1.807, 2.05) is 66.7 Å². The molecule has 0 N–H and O–H groups in total. The Balaban J connectivity index is 1.47. The van der Waals surface area contributed by atoms with Crippen LogP contribution in [0.5, 0.6) is 0 Å². The van der Waals surface area contributed by atoms with Gasteiger partial charge in [0.1, 0.15) is 0 Å². The molecule has 8 heteroatoms. The summed E-state index contributed by atoms with van der Waals surface area (Å²) in [6.07, 6.45) is 4.85. The maximum absolute atomic E-state index is 14.2. The molecule has 0 aromatic heterocycles. The van der Waals surface area contributed by atoms with Gasteiger partial charge in [-0.25, -0.2) is 9.59 Å². The predicted octanol–water partition coefficient (Wildman–Crippen LogP) is 10.5. The highest BCUT2D eigenvalue weighted by Gasteiger charge is 2.40. The maximum atomic E-state index is 14.2. The Bertz CT molecular complexity index is 1520. The summed E-state index contributed by atoms with van der Waals surface area (Å²) in [5.41, 5.74) is 4.40. The summed E-state index contributed by atoms with van der Waals surface area (Å²) in [4.78, 5) is 36.0. The molecule has 4 aromatic carbocycles. The molecule has 0 radical (unpaired) electrons. The molecular formula is C38H39ClF2O5. The van der Waals surface area contributed by atoms with Gasteiger partial charge in [-0.3, -0.25) is 4.89 Å². The summed E-state index contributed by atoms with van der Waals surface area (Å²) in [5.74, 6) is -1.52. The molecule has 0 aliphatic carbocycles. The average Bonchev–Trinajstić information content (AvgIpc) is 3.07. The number of rotatable bonds is 17. The number of aryl methyl sites for hydroxylation is 1. The standard InChI is InChI=1S/C38H39ClF2O5/c1-2-3-4-5-6-13-26-44-46-37(43)32-23-24-33(29-16-11-8-12-17-29)34(27-32)30-19-21-31(22-20-30)36(42)45-35(38(39,40)41)25-18-28-14-9-7-10-15-28/h7-12,14-17,19-24,27,35H,2-6,13,18,25-26H2,1H3. The van der Waals surface area contributed by atoms with E-state index in [1.165, 1.54) is 31.4 Å². The number of unbranched alkanes of at least 4 members (excludes halogenated alkanes) is 5. The van der Waals surface area contributed by atoms with E-state index >= 15 is 0 Å². The summed E-state index contributed by atoms with van der Waals surface area (Å²) < 4.78 is 33.5. The number of alkyl halides is 3. The van der Waals surface area contributed by atoms with Crippen LogP contribution in [-0.4, -0.2) is 30.0 Å². The van der Waals surface area contributed by atoms with E-state index in [2.05, 4.69) is 6.92 Å². The Kier molecular flexibility index (Phi) is 13.3. The molecule has 4 rings (SSSR count). The second-order valence-electron chi connectivity index (χ2n) is 11.1. The third-order valence-electron chi connectivity index (χ3n) is 7.64.